The average molecular weight is 537 g/mol. The number of guanidine groups is 1. The Morgan fingerprint density at radius 3 is 2.32 bits per heavy atom. The molecule has 0 unspecified atom stereocenters. The van der Waals surface area contributed by atoms with Crippen molar-refractivity contribution >= 4 is 47.4 Å². The van der Waals surface area contributed by atoms with Crippen molar-refractivity contribution in [3.05, 3.63) is 16.1 Å². The van der Waals surface area contributed by atoms with Crippen LogP contribution >= 0.6 is 35.3 Å². The van der Waals surface area contributed by atoms with E-state index in [0.29, 0.717) is 43.4 Å². The number of hydrogen-bond donors (Lipinski definition) is 3. The van der Waals surface area contributed by atoms with Crippen molar-refractivity contribution in [1.82, 2.24) is 20.9 Å². The fourth-order valence-corrected chi connectivity index (χ4v) is 2.67. The first-order valence-electron chi connectivity index (χ1n) is 8.44. The quantitative estimate of drug-likeness (QED) is 0.215. The van der Waals surface area contributed by atoms with E-state index in [4.69, 9.17) is 4.74 Å². The first-order chi connectivity index (χ1) is 12.5. The summed E-state index contributed by atoms with van der Waals surface area (Å²) in [5, 5.41) is 10.1. The van der Waals surface area contributed by atoms with Crippen molar-refractivity contribution in [3.63, 3.8) is 0 Å². The van der Waals surface area contributed by atoms with Crippen LogP contribution in [-0.2, 0) is 17.3 Å². The van der Waals surface area contributed by atoms with Gasteiger partial charge in [0.25, 0.3) is 0 Å². The molecule has 0 saturated heterocycles. The molecule has 0 spiro atoms. The topological polar surface area (TPSA) is 87.6 Å². The Hall–Kier alpha value is -1.31. The van der Waals surface area contributed by atoms with Crippen molar-refractivity contribution in [1.29, 1.82) is 0 Å². The maximum Gasteiger partial charge on any atom is 0.434 e. The van der Waals surface area contributed by atoms with E-state index < -0.39 is 23.6 Å². The number of carbonyl (C=O) groups is 1. The normalized spacial score (nSPS) is 12.2. The maximum atomic E-state index is 12.5. The number of aromatic nitrogens is 1. The molecule has 7 nitrogen and oxygen atoms in total. The summed E-state index contributed by atoms with van der Waals surface area (Å²) < 4.78 is 42.6. The van der Waals surface area contributed by atoms with Crippen molar-refractivity contribution in [3.8, 4) is 0 Å². The van der Waals surface area contributed by atoms with Crippen LogP contribution < -0.4 is 16.0 Å². The summed E-state index contributed by atoms with van der Waals surface area (Å²) in [7, 11) is 1.60. The van der Waals surface area contributed by atoms with Gasteiger partial charge >= 0.3 is 12.3 Å². The minimum atomic E-state index is -4.41. The van der Waals surface area contributed by atoms with Crippen LogP contribution in [0.5, 0.6) is 0 Å². The molecule has 28 heavy (non-hydrogen) atoms. The van der Waals surface area contributed by atoms with Crippen molar-refractivity contribution < 1.29 is 22.7 Å². The summed E-state index contributed by atoms with van der Waals surface area (Å²) >= 11 is 0.983. The number of hydrogen-bond acceptors (Lipinski definition) is 5. The predicted molar refractivity (Wildman–Crippen MR) is 114 cm³/mol. The molecule has 0 aliphatic heterocycles. The fourth-order valence-electron chi connectivity index (χ4n) is 1.86. The van der Waals surface area contributed by atoms with Crippen LogP contribution in [0.3, 0.4) is 0 Å². The van der Waals surface area contributed by atoms with Gasteiger partial charge in [0.15, 0.2) is 11.7 Å². The van der Waals surface area contributed by atoms with Gasteiger partial charge in [0.05, 0.1) is 5.01 Å². The van der Waals surface area contributed by atoms with E-state index in [1.807, 2.05) is 0 Å². The number of alkyl carbamates (subject to hydrolysis) is 1. The highest BCUT2D eigenvalue weighted by Gasteiger charge is 2.33. The Balaban J connectivity index is 0.00000729. The lowest BCUT2D eigenvalue weighted by Crippen LogP contribution is -2.40. The molecule has 1 rings (SSSR count). The van der Waals surface area contributed by atoms with E-state index in [-0.39, 0.29) is 24.0 Å². The minimum absolute atomic E-state index is 0. The van der Waals surface area contributed by atoms with Gasteiger partial charge in [0.2, 0.25) is 0 Å². The van der Waals surface area contributed by atoms with E-state index in [1.54, 1.807) is 27.8 Å². The average Bonchev–Trinajstić information content (AvgIpc) is 3.00. The molecule has 0 radical (unpaired) electrons. The lowest BCUT2D eigenvalue weighted by molar-refractivity contribution is -0.140. The summed E-state index contributed by atoms with van der Waals surface area (Å²) in [6, 6.07) is 0. The molecule has 0 aliphatic rings. The van der Waals surface area contributed by atoms with Crippen LogP contribution in [0.25, 0.3) is 0 Å². The van der Waals surface area contributed by atoms with Gasteiger partial charge in [-0.2, -0.15) is 13.2 Å². The highest BCUT2D eigenvalue weighted by molar-refractivity contribution is 14.0. The smallest absolute Gasteiger partial charge is 0.434 e. The van der Waals surface area contributed by atoms with Crippen LogP contribution in [-0.4, -0.2) is 49.3 Å². The van der Waals surface area contributed by atoms with Crippen LogP contribution in [0.1, 0.15) is 37.9 Å². The van der Waals surface area contributed by atoms with Crippen molar-refractivity contribution in [2.24, 2.45) is 4.99 Å². The van der Waals surface area contributed by atoms with Gasteiger partial charge in [-0.3, -0.25) is 4.99 Å². The molecular weight excluding hydrogens is 510 g/mol. The largest absolute Gasteiger partial charge is 0.444 e. The fraction of sp³-hybridized carbons (Fsp3) is 0.688. The Bertz CT molecular complexity index is 633. The van der Waals surface area contributed by atoms with E-state index in [9.17, 15) is 18.0 Å². The summed E-state index contributed by atoms with van der Waals surface area (Å²) in [5.74, 6) is 0.528. The molecule has 0 bridgehead atoms. The van der Waals surface area contributed by atoms with E-state index in [1.165, 1.54) is 0 Å². The van der Waals surface area contributed by atoms with Gasteiger partial charge in [-0.25, -0.2) is 9.78 Å². The first-order valence-corrected chi connectivity index (χ1v) is 9.32. The van der Waals surface area contributed by atoms with Crippen LogP contribution in [0, 0.1) is 0 Å². The van der Waals surface area contributed by atoms with E-state index in [2.05, 4.69) is 25.9 Å². The van der Waals surface area contributed by atoms with Crippen LogP contribution in [0.2, 0.25) is 0 Å². The minimum Gasteiger partial charge on any atom is -0.444 e. The van der Waals surface area contributed by atoms with Gasteiger partial charge in [0.1, 0.15) is 5.60 Å². The standard InChI is InChI=1S/C16H26F3N5O2S.HI/c1-15(2,3)26-14(25)23-8-5-7-21-13(20-4)22-9-6-12-24-11(10-27-12)16(17,18)19;/h10H,5-9H2,1-4H3,(H,23,25)(H2,20,21,22);1H. The third kappa shape index (κ3) is 11.5. The monoisotopic (exact) mass is 537 g/mol. The van der Waals surface area contributed by atoms with Crippen LogP contribution in [0.4, 0.5) is 18.0 Å². The molecule has 0 aromatic carbocycles. The summed E-state index contributed by atoms with van der Waals surface area (Å²) in [6.45, 7) is 6.78. The number of rotatable bonds is 7. The molecule has 0 atom stereocenters. The summed E-state index contributed by atoms with van der Waals surface area (Å²) in [4.78, 5) is 19.1. The number of alkyl halides is 3. The molecule has 0 saturated carbocycles. The zero-order chi connectivity index (χ0) is 20.5. The SMILES string of the molecule is CN=C(NCCCNC(=O)OC(C)(C)C)NCCc1nc(C(F)(F)F)cs1.I. The number of amides is 1. The van der Waals surface area contributed by atoms with Gasteiger partial charge in [0, 0.05) is 38.5 Å². The maximum absolute atomic E-state index is 12.5. The van der Waals surface area contributed by atoms with Crippen molar-refractivity contribution in [2.75, 3.05) is 26.7 Å². The molecule has 12 heteroatoms. The second-order valence-electron chi connectivity index (χ2n) is 6.58. The number of halogens is 4. The zero-order valence-electron chi connectivity index (χ0n) is 16.3. The highest BCUT2D eigenvalue weighted by Crippen LogP contribution is 2.29. The molecule has 1 heterocycles. The molecular formula is C16H27F3IN5O2S. The van der Waals surface area contributed by atoms with Gasteiger partial charge in [-0.15, -0.1) is 35.3 Å². The molecule has 1 amide bonds. The third-order valence-electron chi connectivity index (χ3n) is 3.01. The Labute approximate surface area is 183 Å². The third-order valence-corrected chi connectivity index (χ3v) is 3.92. The number of thiazole rings is 1. The Morgan fingerprint density at radius 1 is 1.18 bits per heavy atom. The number of carbonyl (C=O) groups excluding carboxylic acids is 1. The molecule has 1 aromatic rings. The zero-order valence-corrected chi connectivity index (χ0v) is 19.4. The lowest BCUT2D eigenvalue weighted by atomic mass is 10.2. The second kappa shape index (κ2) is 12.3. The van der Waals surface area contributed by atoms with E-state index in [0.717, 1.165) is 16.7 Å². The molecule has 0 fully saturated rings. The Kier molecular flexibility index (Phi) is 11.7. The number of ether oxygens (including phenoxy) is 1. The number of nitrogens with zero attached hydrogens (tertiary/aromatic N) is 2. The van der Waals surface area contributed by atoms with Gasteiger partial charge in [-0.1, -0.05) is 0 Å². The molecule has 1 aromatic heterocycles. The Morgan fingerprint density at radius 2 is 1.79 bits per heavy atom. The molecule has 0 aliphatic carbocycles. The lowest BCUT2D eigenvalue weighted by Gasteiger charge is -2.19. The summed E-state index contributed by atoms with van der Waals surface area (Å²) in [5.41, 5.74) is -1.39. The molecule has 162 valence electrons. The predicted octanol–water partition coefficient (Wildman–Crippen LogP) is 3.40. The molecule has 3 N–H and O–H groups in total. The van der Waals surface area contributed by atoms with Gasteiger partial charge in [-0.05, 0) is 27.2 Å². The van der Waals surface area contributed by atoms with Gasteiger partial charge < -0.3 is 20.7 Å². The second-order valence-corrected chi connectivity index (χ2v) is 7.52. The van der Waals surface area contributed by atoms with Crippen LogP contribution in [0.15, 0.2) is 10.4 Å². The first kappa shape index (κ1) is 26.7. The number of aliphatic imine (C=N–C) groups is 1. The number of nitrogens with one attached hydrogen (secondary N) is 3. The highest BCUT2D eigenvalue weighted by atomic mass is 127. The summed E-state index contributed by atoms with van der Waals surface area (Å²) in [6.07, 6.45) is -3.86. The van der Waals surface area contributed by atoms with E-state index >= 15 is 0 Å². The van der Waals surface area contributed by atoms with Crippen molar-refractivity contribution in [2.45, 2.75) is 45.4 Å².